The maximum absolute atomic E-state index is 12.3. The molecule has 0 amide bonds. The van der Waals surface area contributed by atoms with E-state index in [4.69, 9.17) is 15.8 Å². The van der Waals surface area contributed by atoms with E-state index >= 15 is 0 Å². The Labute approximate surface area is 135 Å². The predicted molar refractivity (Wildman–Crippen MR) is 83.4 cm³/mol. The van der Waals surface area contributed by atoms with Crippen LogP contribution in [0.4, 0.5) is 0 Å². The van der Waals surface area contributed by atoms with Crippen LogP contribution in [0.2, 0.25) is 5.02 Å². The Morgan fingerprint density at radius 1 is 1.19 bits per heavy atom. The summed E-state index contributed by atoms with van der Waals surface area (Å²) < 4.78 is 30.2. The molecule has 0 atom stereocenters. The molecule has 0 fully saturated rings. The third-order valence-corrected chi connectivity index (χ3v) is 4.85. The molecule has 0 aliphatic heterocycles. The lowest BCUT2D eigenvalue weighted by atomic mass is 10.1. The van der Waals surface area contributed by atoms with Crippen molar-refractivity contribution in [3.8, 4) is 5.75 Å². The lowest BCUT2D eigenvalue weighted by molar-refractivity contribution is 0.101. The van der Waals surface area contributed by atoms with Crippen molar-refractivity contribution in [2.75, 3.05) is 0 Å². The smallest absolute Gasteiger partial charge is 0.340 e. The van der Waals surface area contributed by atoms with Gasteiger partial charge in [0.1, 0.15) is 4.90 Å². The monoisotopic (exact) mass is 388 g/mol. The summed E-state index contributed by atoms with van der Waals surface area (Å²) in [6.07, 6.45) is 0. The van der Waals surface area contributed by atoms with Crippen LogP contribution in [0, 0.1) is 0 Å². The van der Waals surface area contributed by atoms with Gasteiger partial charge in [-0.25, -0.2) is 0 Å². The van der Waals surface area contributed by atoms with Gasteiger partial charge in [0.05, 0.1) is 10.6 Å². The van der Waals surface area contributed by atoms with E-state index in [1.807, 2.05) is 0 Å². The largest absolute Gasteiger partial charge is 0.378 e. The summed E-state index contributed by atoms with van der Waals surface area (Å²) in [5.41, 5.74) is 0.167. The molecule has 0 saturated heterocycles. The molecule has 110 valence electrons. The van der Waals surface area contributed by atoms with Gasteiger partial charge in [-0.15, -0.1) is 0 Å². The fraction of sp³-hybridized carbons (Fsp3) is 0.0714. The number of hydrogen-bond donors (Lipinski definition) is 0. The zero-order chi connectivity index (χ0) is 15.6. The lowest BCUT2D eigenvalue weighted by Crippen LogP contribution is -2.12. The molecule has 0 aliphatic rings. The molecule has 4 nitrogen and oxygen atoms in total. The minimum atomic E-state index is -4.11. The first kappa shape index (κ1) is 16.0. The number of Topliss-reactive ketones (excluding diaryl/α,β-unsaturated/α-hetero) is 1. The highest BCUT2D eigenvalue weighted by molar-refractivity contribution is 9.10. The van der Waals surface area contributed by atoms with E-state index in [-0.39, 0.29) is 27.0 Å². The minimum Gasteiger partial charge on any atom is -0.378 e. The van der Waals surface area contributed by atoms with Gasteiger partial charge < -0.3 is 4.18 Å². The number of halogens is 2. The molecule has 0 aromatic heterocycles. The molecule has 0 spiro atoms. The van der Waals surface area contributed by atoms with Crippen molar-refractivity contribution in [2.45, 2.75) is 11.8 Å². The first-order valence-electron chi connectivity index (χ1n) is 5.81. The van der Waals surface area contributed by atoms with Crippen molar-refractivity contribution in [1.29, 1.82) is 0 Å². The van der Waals surface area contributed by atoms with Crippen LogP contribution in [0.5, 0.6) is 5.75 Å². The molecule has 0 N–H and O–H groups in total. The third-order valence-electron chi connectivity index (χ3n) is 2.63. The molecule has 0 saturated carbocycles. The van der Waals surface area contributed by atoms with Crippen molar-refractivity contribution >= 4 is 43.4 Å². The first-order chi connectivity index (χ1) is 9.81. The van der Waals surface area contributed by atoms with E-state index in [0.717, 1.165) is 0 Å². The highest BCUT2D eigenvalue weighted by atomic mass is 79.9. The molecular weight excluding hydrogens is 380 g/mol. The standard InChI is InChI=1S/C14H10BrClO4S/c1-9(17)11-8-10(15)6-7-13(11)20-21(18,19)14-5-3-2-4-12(14)16/h2-8H,1H3. The highest BCUT2D eigenvalue weighted by Crippen LogP contribution is 2.29. The molecule has 0 unspecified atom stereocenters. The maximum Gasteiger partial charge on any atom is 0.340 e. The van der Waals surface area contributed by atoms with Crippen molar-refractivity contribution < 1.29 is 17.4 Å². The van der Waals surface area contributed by atoms with Crippen LogP contribution < -0.4 is 4.18 Å². The molecule has 0 radical (unpaired) electrons. The van der Waals surface area contributed by atoms with Crippen LogP contribution in [0.25, 0.3) is 0 Å². The molecule has 0 bridgehead atoms. The van der Waals surface area contributed by atoms with E-state index in [0.29, 0.717) is 4.47 Å². The van der Waals surface area contributed by atoms with Gasteiger partial charge >= 0.3 is 10.1 Å². The SMILES string of the molecule is CC(=O)c1cc(Br)ccc1OS(=O)(=O)c1ccccc1Cl. The highest BCUT2D eigenvalue weighted by Gasteiger charge is 2.22. The van der Waals surface area contributed by atoms with Crippen molar-refractivity contribution in [2.24, 2.45) is 0 Å². The Hall–Kier alpha value is -1.37. The van der Waals surface area contributed by atoms with Gasteiger partial charge in [0.2, 0.25) is 0 Å². The van der Waals surface area contributed by atoms with Gasteiger partial charge in [-0.3, -0.25) is 4.79 Å². The Morgan fingerprint density at radius 3 is 2.48 bits per heavy atom. The Kier molecular flexibility index (Phi) is 4.70. The summed E-state index contributed by atoms with van der Waals surface area (Å²) in [5.74, 6) is -0.341. The second kappa shape index (κ2) is 6.17. The van der Waals surface area contributed by atoms with Gasteiger partial charge in [-0.1, -0.05) is 39.7 Å². The summed E-state index contributed by atoms with van der Waals surface area (Å²) in [6.45, 7) is 1.33. The van der Waals surface area contributed by atoms with Crippen LogP contribution in [0.15, 0.2) is 51.8 Å². The van der Waals surface area contributed by atoms with Crippen molar-refractivity contribution in [3.63, 3.8) is 0 Å². The average molecular weight is 390 g/mol. The van der Waals surface area contributed by atoms with E-state index < -0.39 is 10.1 Å². The topological polar surface area (TPSA) is 60.4 Å². The number of ketones is 1. The number of hydrogen-bond acceptors (Lipinski definition) is 4. The zero-order valence-corrected chi connectivity index (χ0v) is 14.0. The molecule has 2 aromatic carbocycles. The predicted octanol–water partition coefficient (Wildman–Crippen LogP) is 4.07. The van der Waals surface area contributed by atoms with E-state index in [1.54, 1.807) is 12.1 Å². The van der Waals surface area contributed by atoms with E-state index in [9.17, 15) is 13.2 Å². The van der Waals surface area contributed by atoms with Crippen LogP contribution in [0.3, 0.4) is 0 Å². The summed E-state index contributed by atoms with van der Waals surface area (Å²) in [7, 11) is -4.11. The normalized spacial score (nSPS) is 11.2. The number of rotatable bonds is 4. The van der Waals surface area contributed by atoms with Crippen LogP contribution >= 0.6 is 27.5 Å². The summed E-state index contributed by atoms with van der Waals surface area (Å²) in [6, 6.07) is 10.4. The summed E-state index contributed by atoms with van der Waals surface area (Å²) >= 11 is 9.09. The number of carbonyl (C=O) groups is 1. The van der Waals surface area contributed by atoms with Crippen molar-refractivity contribution in [3.05, 3.63) is 57.5 Å². The van der Waals surface area contributed by atoms with Gasteiger partial charge in [0, 0.05) is 4.47 Å². The molecule has 0 heterocycles. The lowest BCUT2D eigenvalue weighted by Gasteiger charge is -2.11. The zero-order valence-electron chi connectivity index (χ0n) is 10.8. The Bertz CT molecular complexity index is 802. The molecule has 2 aromatic rings. The fourth-order valence-electron chi connectivity index (χ4n) is 1.66. The quantitative estimate of drug-likeness (QED) is 0.584. The second-order valence-corrected chi connectivity index (χ2v) is 7.00. The van der Waals surface area contributed by atoms with Crippen LogP contribution in [0.1, 0.15) is 17.3 Å². The molecule has 21 heavy (non-hydrogen) atoms. The van der Waals surface area contributed by atoms with Crippen LogP contribution in [-0.2, 0) is 10.1 Å². The third kappa shape index (κ3) is 3.64. The van der Waals surface area contributed by atoms with E-state index in [2.05, 4.69) is 15.9 Å². The molecular formula is C14H10BrClO4S. The fourth-order valence-corrected chi connectivity index (χ4v) is 3.46. The average Bonchev–Trinajstić information content (AvgIpc) is 2.40. The summed E-state index contributed by atoms with van der Waals surface area (Å²) in [4.78, 5) is 11.4. The van der Waals surface area contributed by atoms with Crippen LogP contribution in [-0.4, -0.2) is 14.2 Å². The second-order valence-electron chi connectivity index (χ2n) is 4.16. The van der Waals surface area contributed by atoms with Gasteiger partial charge in [0.15, 0.2) is 11.5 Å². The number of carbonyl (C=O) groups excluding carboxylic acids is 1. The minimum absolute atomic E-state index is 0.0365. The Morgan fingerprint density at radius 2 is 1.86 bits per heavy atom. The van der Waals surface area contributed by atoms with Gasteiger partial charge in [0.25, 0.3) is 0 Å². The molecule has 7 heteroatoms. The van der Waals surface area contributed by atoms with Crippen molar-refractivity contribution in [1.82, 2.24) is 0 Å². The van der Waals surface area contributed by atoms with Gasteiger partial charge in [-0.05, 0) is 37.3 Å². The maximum atomic E-state index is 12.3. The molecule has 0 aliphatic carbocycles. The summed E-state index contributed by atoms with van der Waals surface area (Å²) in [5, 5.41) is 0.0546. The first-order valence-corrected chi connectivity index (χ1v) is 8.38. The van der Waals surface area contributed by atoms with Gasteiger partial charge in [-0.2, -0.15) is 8.42 Å². The Balaban J connectivity index is 2.47. The molecule has 2 rings (SSSR count). The van der Waals surface area contributed by atoms with E-state index in [1.165, 1.54) is 37.3 Å². The number of benzene rings is 2.